The van der Waals surface area contributed by atoms with E-state index < -0.39 is 0 Å². The highest BCUT2D eigenvalue weighted by atomic mass is 16.5. The Morgan fingerprint density at radius 1 is 1.09 bits per heavy atom. The second-order valence-electron chi connectivity index (χ2n) is 7.23. The number of anilines is 1. The minimum absolute atomic E-state index is 0.153. The summed E-state index contributed by atoms with van der Waals surface area (Å²) in [5.74, 6) is 0.307. The summed E-state index contributed by atoms with van der Waals surface area (Å²) in [6.07, 6.45) is 1.25. The van der Waals surface area contributed by atoms with Crippen molar-refractivity contribution in [1.29, 1.82) is 5.26 Å². The van der Waals surface area contributed by atoms with E-state index in [2.05, 4.69) is 21.8 Å². The second kappa shape index (κ2) is 11.3. The molecule has 33 heavy (non-hydrogen) atoms. The summed E-state index contributed by atoms with van der Waals surface area (Å²) in [4.78, 5) is 24.3. The summed E-state index contributed by atoms with van der Waals surface area (Å²) < 4.78 is 6.72. The molecule has 0 saturated carbocycles. The number of rotatable bonds is 10. The number of hydrogen-bond donors (Lipinski definition) is 3. The molecule has 4 N–H and O–H groups in total. The van der Waals surface area contributed by atoms with Gasteiger partial charge in [-0.2, -0.15) is 10.4 Å². The molecule has 2 aromatic carbocycles. The molecular weight excluding hydrogens is 420 g/mol. The Hall–Kier alpha value is -4.32. The van der Waals surface area contributed by atoms with Crippen molar-refractivity contribution in [1.82, 2.24) is 20.4 Å². The van der Waals surface area contributed by atoms with E-state index >= 15 is 0 Å². The van der Waals surface area contributed by atoms with E-state index in [4.69, 9.17) is 10.5 Å². The zero-order chi connectivity index (χ0) is 23.6. The molecule has 0 aliphatic rings. The minimum atomic E-state index is -0.295. The van der Waals surface area contributed by atoms with Gasteiger partial charge in [0.1, 0.15) is 23.2 Å². The normalized spacial score (nSPS) is 10.3. The first kappa shape index (κ1) is 23.3. The van der Waals surface area contributed by atoms with Gasteiger partial charge in [0.2, 0.25) is 5.91 Å². The Morgan fingerprint density at radius 2 is 1.82 bits per heavy atom. The number of benzene rings is 2. The monoisotopic (exact) mass is 446 g/mol. The summed E-state index contributed by atoms with van der Waals surface area (Å²) in [7, 11) is 1.50. The fraction of sp³-hybridized carbons (Fsp3) is 0.250. The standard InChI is InChI=1S/C24H26N6O3/c1-33-21-12-6-5-10-18(21)24(32)28-15-13-22(31)27-14-7-11-20-19(16-25)23(26)30(29-20)17-8-3-2-4-9-17/h2-6,8-10,12H,7,11,13-15,26H2,1H3,(H,27,31)(H,28,32). The van der Waals surface area contributed by atoms with Crippen molar-refractivity contribution in [3.05, 3.63) is 71.4 Å². The third-order valence-corrected chi connectivity index (χ3v) is 5.01. The molecule has 170 valence electrons. The number of nitrogens with one attached hydrogen (secondary N) is 2. The molecule has 3 rings (SSSR count). The van der Waals surface area contributed by atoms with Crippen LogP contribution in [-0.4, -0.2) is 41.8 Å². The molecule has 0 bridgehead atoms. The summed E-state index contributed by atoms with van der Waals surface area (Å²) in [5.41, 5.74) is 8.25. The number of methoxy groups -OCH3 is 1. The van der Waals surface area contributed by atoms with Gasteiger partial charge in [-0.3, -0.25) is 9.59 Å². The van der Waals surface area contributed by atoms with E-state index in [0.29, 0.717) is 47.8 Å². The largest absolute Gasteiger partial charge is 0.496 e. The van der Waals surface area contributed by atoms with Crippen molar-refractivity contribution in [2.24, 2.45) is 0 Å². The van der Waals surface area contributed by atoms with Gasteiger partial charge >= 0.3 is 0 Å². The number of para-hydroxylation sites is 2. The first-order valence-electron chi connectivity index (χ1n) is 10.6. The quantitative estimate of drug-likeness (QED) is 0.409. The maximum atomic E-state index is 12.2. The molecule has 0 aliphatic carbocycles. The predicted octanol–water partition coefficient (Wildman–Crippen LogP) is 2.20. The van der Waals surface area contributed by atoms with Crippen molar-refractivity contribution >= 4 is 17.6 Å². The average molecular weight is 447 g/mol. The van der Waals surface area contributed by atoms with E-state index in [-0.39, 0.29) is 24.8 Å². The molecule has 3 aromatic rings. The van der Waals surface area contributed by atoms with Crippen LogP contribution < -0.4 is 21.1 Å². The molecule has 0 unspecified atom stereocenters. The zero-order valence-electron chi connectivity index (χ0n) is 18.4. The lowest BCUT2D eigenvalue weighted by atomic mass is 10.1. The van der Waals surface area contributed by atoms with Gasteiger partial charge in [0.15, 0.2) is 0 Å². The molecule has 1 heterocycles. The van der Waals surface area contributed by atoms with Crippen LogP contribution in [0, 0.1) is 11.3 Å². The number of nitrogen functional groups attached to an aromatic ring is 1. The Morgan fingerprint density at radius 3 is 2.55 bits per heavy atom. The number of carbonyl (C=O) groups excluding carboxylic acids is 2. The first-order valence-corrected chi connectivity index (χ1v) is 10.6. The van der Waals surface area contributed by atoms with Gasteiger partial charge in [0, 0.05) is 19.5 Å². The van der Waals surface area contributed by atoms with E-state index in [1.807, 2.05) is 30.3 Å². The molecule has 0 radical (unpaired) electrons. The van der Waals surface area contributed by atoms with Crippen LogP contribution in [0.5, 0.6) is 5.75 Å². The number of aromatic nitrogens is 2. The van der Waals surface area contributed by atoms with Crippen molar-refractivity contribution in [2.45, 2.75) is 19.3 Å². The molecule has 0 spiro atoms. The summed E-state index contributed by atoms with van der Waals surface area (Å²) in [5, 5.41) is 19.5. The van der Waals surface area contributed by atoms with Crippen molar-refractivity contribution < 1.29 is 14.3 Å². The molecular formula is C24H26N6O3. The Bertz CT molecular complexity index is 1150. The summed E-state index contributed by atoms with van der Waals surface area (Å²) in [6.45, 7) is 0.627. The van der Waals surface area contributed by atoms with Crippen LogP contribution >= 0.6 is 0 Å². The number of amides is 2. The van der Waals surface area contributed by atoms with Crippen molar-refractivity contribution in [2.75, 3.05) is 25.9 Å². The third kappa shape index (κ3) is 5.89. The number of nitrogens with two attached hydrogens (primary N) is 1. The summed E-state index contributed by atoms with van der Waals surface area (Å²) >= 11 is 0. The van der Waals surface area contributed by atoms with Crippen LogP contribution in [0.4, 0.5) is 5.82 Å². The lowest BCUT2D eigenvalue weighted by molar-refractivity contribution is -0.120. The van der Waals surface area contributed by atoms with Gasteiger partial charge in [0.05, 0.1) is 24.1 Å². The van der Waals surface area contributed by atoms with Crippen LogP contribution in [0.3, 0.4) is 0 Å². The molecule has 0 atom stereocenters. The van der Waals surface area contributed by atoms with Crippen LogP contribution in [-0.2, 0) is 11.2 Å². The van der Waals surface area contributed by atoms with Gasteiger partial charge in [-0.15, -0.1) is 0 Å². The highest BCUT2D eigenvalue weighted by Gasteiger charge is 2.16. The fourth-order valence-corrected chi connectivity index (χ4v) is 3.33. The maximum Gasteiger partial charge on any atom is 0.255 e. The summed E-state index contributed by atoms with van der Waals surface area (Å²) in [6, 6.07) is 18.4. The van der Waals surface area contributed by atoms with Crippen molar-refractivity contribution in [3.8, 4) is 17.5 Å². The average Bonchev–Trinajstić information content (AvgIpc) is 3.17. The Labute approximate surface area is 192 Å². The third-order valence-electron chi connectivity index (χ3n) is 5.01. The minimum Gasteiger partial charge on any atom is -0.496 e. The Balaban J connectivity index is 1.43. The van der Waals surface area contributed by atoms with E-state index in [1.165, 1.54) is 7.11 Å². The molecule has 2 amide bonds. The number of hydrogen-bond acceptors (Lipinski definition) is 6. The van der Waals surface area contributed by atoms with Crippen LogP contribution in [0.15, 0.2) is 54.6 Å². The van der Waals surface area contributed by atoms with Gasteiger partial charge in [0.25, 0.3) is 5.91 Å². The number of ether oxygens (including phenoxy) is 1. The second-order valence-corrected chi connectivity index (χ2v) is 7.23. The van der Waals surface area contributed by atoms with Crippen LogP contribution in [0.1, 0.15) is 34.5 Å². The van der Waals surface area contributed by atoms with E-state index in [9.17, 15) is 14.9 Å². The lowest BCUT2D eigenvalue weighted by Gasteiger charge is -2.09. The SMILES string of the molecule is COc1ccccc1C(=O)NCCC(=O)NCCCc1nn(-c2ccccc2)c(N)c1C#N. The van der Waals surface area contributed by atoms with E-state index in [0.717, 1.165) is 5.69 Å². The van der Waals surface area contributed by atoms with Gasteiger partial charge < -0.3 is 21.1 Å². The molecule has 9 nitrogen and oxygen atoms in total. The Kier molecular flexibility index (Phi) is 8.02. The van der Waals surface area contributed by atoms with Crippen LogP contribution in [0.2, 0.25) is 0 Å². The molecule has 9 heteroatoms. The zero-order valence-corrected chi connectivity index (χ0v) is 18.4. The molecule has 1 aromatic heterocycles. The number of nitriles is 1. The topological polar surface area (TPSA) is 135 Å². The highest BCUT2D eigenvalue weighted by molar-refractivity contribution is 5.97. The van der Waals surface area contributed by atoms with Crippen molar-refractivity contribution in [3.63, 3.8) is 0 Å². The molecule has 0 fully saturated rings. The fourth-order valence-electron chi connectivity index (χ4n) is 3.33. The predicted molar refractivity (Wildman–Crippen MR) is 124 cm³/mol. The van der Waals surface area contributed by atoms with Gasteiger partial charge in [-0.1, -0.05) is 30.3 Å². The van der Waals surface area contributed by atoms with Crippen LogP contribution in [0.25, 0.3) is 5.69 Å². The number of aryl methyl sites for hydroxylation is 1. The molecule has 0 saturated heterocycles. The van der Waals surface area contributed by atoms with E-state index in [1.54, 1.807) is 28.9 Å². The first-order chi connectivity index (χ1) is 16.0. The van der Waals surface area contributed by atoms with Gasteiger partial charge in [-0.25, -0.2) is 4.68 Å². The number of carbonyl (C=O) groups is 2. The smallest absolute Gasteiger partial charge is 0.255 e. The van der Waals surface area contributed by atoms with Gasteiger partial charge in [-0.05, 0) is 37.1 Å². The highest BCUT2D eigenvalue weighted by Crippen LogP contribution is 2.21. The lowest BCUT2D eigenvalue weighted by Crippen LogP contribution is -2.31. The molecule has 0 aliphatic heterocycles. The maximum absolute atomic E-state index is 12.2. The number of nitrogens with zero attached hydrogens (tertiary/aromatic N) is 3.